The van der Waals surface area contributed by atoms with E-state index >= 15 is 0 Å². The van der Waals surface area contributed by atoms with Crippen molar-refractivity contribution in [2.45, 2.75) is 59.3 Å². The summed E-state index contributed by atoms with van der Waals surface area (Å²) in [5.41, 5.74) is 5.78. The molecular weight excluding hydrogens is 564 g/mol. The van der Waals surface area contributed by atoms with Gasteiger partial charge in [0.25, 0.3) is 5.91 Å². The third kappa shape index (κ3) is 8.17. The van der Waals surface area contributed by atoms with Crippen LogP contribution < -0.4 is 16.0 Å². The van der Waals surface area contributed by atoms with Gasteiger partial charge in [-0.25, -0.2) is 9.48 Å². The molecule has 1 saturated heterocycles. The third-order valence-corrected chi connectivity index (χ3v) is 8.04. The first-order valence-corrected chi connectivity index (χ1v) is 15.5. The lowest BCUT2D eigenvalue weighted by Gasteiger charge is -2.32. The van der Waals surface area contributed by atoms with Crippen molar-refractivity contribution in [3.05, 3.63) is 101 Å². The molecule has 1 fully saturated rings. The van der Waals surface area contributed by atoms with Crippen molar-refractivity contribution in [3.8, 4) is 5.69 Å². The third-order valence-electron chi connectivity index (χ3n) is 8.04. The molecule has 1 aliphatic rings. The number of likely N-dealkylation sites (tertiary alicyclic amines) is 1. The number of hydrogen-bond acceptors (Lipinski definition) is 4. The molecule has 5 rings (SSSR count). The number of aryl methyl sites for hydroxylation is 1. The van der Waals surface area contributed by atoms with Gasteiger partial charge in [-0.3, -0.25) is 14.9 Å². The molecule has 0 unspecified atom stereocenters. The van der Waals surface area contributed by atoms with Crippen molar-refractivity contribution in [1.82, 2.24) is 14.7 Å². The molecule has 1 aromatic heterocycles. The number of nitrogens with one attached hydrogen (secondary N) is 3. The minimum atomic E-state index is -0.338. The molecular formula is C36H42N6O3. The Hall–Kier alpha value is -4.92. The fourth-order valence-corrected chi connectivity index (χ4v) is 5.56. The Bertz CT molecular complexity index is 1680. The summed E-state index contributed by atoms with van der Waals surface area (Å²) in [5.74, 6) is 0.848. The second kappa shape index (κ2) is 13.4. The summed E-state index contributed by atoms with van der Waals surface area (Å²) < 4.78 is 1.77. The number of urea groups is 1. The van der Waals surface area contributed by atoms with Gasteiger partial charge in [-0.05, 0) is 80.1 Å². The molecule has 234 valence electrons. The van der Waals surface area contributed by atoms with Gasteiger partial charge >= 0.3 is 6.03 Å². The van der Waals surface area contributed by atoms with Crippen LogP contribution >= 0.6 is 0 Å². The van der Waals surface area contributed by atoms with Crippen LogP contribution in [-0.4, -0.2) is 45.6 Å². The first kappa shape index (κ1) is 31.5. The maximum Gasteiger partial charge on any atom is 0.324 e. The van der Waals surface area contributed by atoms with Crippen molar-refractivity contribution in [2.75, 3.05) is 29.0 Å². The largest absolute Gasteiger partial charge is 0.339 e. The molecule has 0 atom stereocenters. The quantitative estimate of drug-likeness (QED) is 0.207. The van der Waals surface area contributed by atoms with E-state index in [9.17, 15) is 14.4 Å². The van der Waals surface area contributed by atoms with E-state index in [1.165, 1.54) is 6.92 Å². The van der Waals surface area contributed by atoms with Gasteiger partial charge in [-0.1, -0.05) is 56.7 Å². The molecule has 0 saturated carbocycles. The van der Waals surface area contributed by atoms with Crippen LogP contribution in [-0.2, 0) is 16.6 Å². The van der Waals surface area contributed by atoms with Crippen molar-refractivity contribution in [2.24, 2.45) is 5.92 Å². The molecule has 3 N–H and O–H groups in total. The number of rotatable bonds is 7. The standard InChI is InChI=1S/C36H42N6O3/c1-24-12-14-31(15-13-24)42-33(23-32(40-42)36(3,4)5)39-35(45)38-29-10-6-8-27(21-29)20-26-16-18-41(19-17-26)34(44)28-9-7-11-30(22-28)37-25(2)43/h6-15,21-23,26H,16-20H2,1-5H3,(H,37,43)(H2,38,39,45). The van der Waals surface area contributed by atoms with Gasteiger partial charge in [-0.2, -0.15) is 5.10 Å². The smallest absolute Gasteiger partial charge is 0.324 e. The molecule has 0 spiro atoms. The average molecular weight is 607 g/mol. The lowest BCUT2D eigenvalue weighted by atomic mass is 9.90. The van der Waals surface area contributed by atoms with Crippen LogP contribution in [0.1, 0.15) is 67.7 Å². The fourth-order valence-electron chi connectivity index (χ4n) is 5.56. The average Bonchev–Trinajstić information content (AvgIpc) is 3.42. The number of hydrogen-bond donors (Lipinski definition) is 3. The van der Waals surface area contributed by atoms with Crippen LogP contribution in [0.15, 0.2) is 78.9 Å². The van der Waals surface area contributed by atoms with Gasteiger partial charge in [0.05, 0.1) is 11.4 Å². The molecule has 0 aliphatic carbocycles. The highest BCUT2D eigenvalue weighted by atomic mass is 16.2. The summed E-state index contributed by atoms with van der Waals surface area (Å²) in [5, 5.41) is 13.5. The van der Waals surface area contributed by atoms with Crippen LogP contribution in [0.5, 0.6) is 0 Å². The zero-order valence-electron chi connectivity index (χ0n) is 26.7. The number of benzene rings is 3. The van der Waals surface area contributed by atoms with Crippen molar-refractivity contribution < 1.29 is 14.4 Å². The highest BCUT2D eigenvalue weighted by Crippen LogP contribution is 2.28. The lowest BCUT2D eigenvalue weighted by Crippen LogP contribution is -2.38. The second-order valence-electron chi connectivity index (χ2n) is 12.9. The monoisotopic (exact) mass is 606 g/mol. The number of anilines is 3. The lowest BCUT2D eigenvalue weighted by molar-refractivity contribution is -0.114. The molecule has 9 nitrogen and oxygen atoms in total. The Balaban J connectivity index is 1.18. The van der Waals surface area contributed by atoms with Crippen LogP contribution in [0.25, 0.3) is 5.69 Å². The number of aromatic nitrogens is 2. The molecule has 0 radical (unpaired) electrons. The minimum Gasteiger partial charge on any atom is -0.339 e. The molecule has 4 aromatic rings. The minimum absolute atomic E-state index is 0.0174. The van der Waals surface area contributed by atoms with E-state index in [-0.39, 0.29) is 23.3 Å². The maximum atomic E-state index is 13.1. The van der Waals surface area contributed by atoms with Crippen LogP contribution in [0.4, 0.5) is 22.0 Å². The second-order valence-corrected chi connectivity index (χ2v) is 12.9. The van der Waals surface area contributed by atoms with Crippen molar-refractivity contribution in [3.63, 3.8) is 0 Å². The van der Waals surface area contributed by atoms with Crippen molar-refractivity contribution in [1.29, 1.82) is 0 Å². The van der Waals surface area contributed by atoms with Gasteiger partial charge in [0.2, 0.25) is 5.91 Å². The van der Waals surface area contributed by atoms with Gasteiger partial charge in [-0.15, -0.1) is 0 Å². The first-order chi connectivity index (χ1) is 21.4. The molecule has 3 aromatic carbocycles. The highest BCUT2D eigenvalue weighted by Gasteiger charge is 2.25. The normalized spacial score (nSPS) is 13.8. The van der Waals surface area contributed by atoms with E-state index in [2.05, 4.69) is 42.8 Å². The molecule has 4 amide bonds. The Morgan fingerprint density at radius 1 is 0.844 bits per heavy atom. The van der Waals surface area contributed by atoms with E-state index in [0.29, 0.717) is 41.8 Å². The maximum absolute atomic E-state index is 13.1. The van der Waals surface area contributed by atoms with Crippen LogP contribution in [0.2, 0.25) is 0 Å². The molecule has 1 aliphatic heterocycles. The zero-order valence-corrected chi connectivity index (χ0v) is 26.7. The van der Waals surface area contributed by atoms with Crippen LogP contribution in [0, 0.1) is 12.8 Å². The Morgan fingerprint density at radius 2 is 1.51 bits per heavy atom. The van der Waals surface area contributed by atoms with Crippen LogP contribution in [0.3, 0.4) is 0 Å². The number of amides is 4. The molecule has 0 bridgehead atoms. The van der Waals surface area contributed by atoms with Gasteiger partial charge in [0.15, 0.2) is 0 Å². The predicted molar refractivity (Wildman–Crippen MR) is 179 cm³/mol. The molecule has 45 heavy (non-hydrogen) atoms. The Labute approximate surface area is 265 Å². The number of piperidine rings is 1. The summed E-state index contributed by atoms with van der Waals surface area (Å²) in [4.78, 5) is 39.5. The first-order valence-electron chi connectivity index (χ1n) is 15.5. The zero-order chi connectivity index (χ0) is 32.1. The summed E-state index contributed by atoms with van der Waals surface area (Å²) >= 11 is 0. The van der Waals surface area contributed by atoms with Gasteiger partial charge in [0, 0.05) is 48.4 Å². The summed E-state index contributed by atoms with van der Waals surface area (Å²) in [7, 11) is 0. The molecule has 2 heterocycles. The number of carbonyl (C=O) groups is 3. The predicted octanol–water partition coefficient (Wildman–Crippen LogP) is 7.18. The summed E-state index contributed by atoms with van der Waals surface area (Å²) in [6, 6.07) is 24.6. The van der Waals surface area contributed by atoms with Gasteiger partial charge < -0.3 is 15.5 Å². The van der Waals surface area contributed by atoms with E-state index < -0.39 is 0 Å². The Morgan fingerprint density at radius 3 is 2.18 bits per heavy atom. The van der Waals surface area contributed by atoms with Crippen molar-refractivity contribution >= 4 is 35.0 Å². The number of nitrogens with zero attached hydrogens (tertiary/aromatic N) is 3. The SMILES string of the molecule is CC(=O)Nc1cccc(C(=O)N2CCC(Cc3cccc(NC(=O)Nc4cc(C(C)(C)C)nn4-c4ccc(C)cc4)c3)CC2)c1. The Kier molecular flexibility index (Phi) is 9.37. The summed E-state index contributed by atoms with van der Waals surface area (Å²) in [6.07, 6.45) is 2.66. The van der Waals surface area contributed by atoms with E-state index in [1.807, 2.05) is 60.4 Å². The van der Waals surface area contributed by atoms with E-state index in [0.717, 1.165) is 41.8 Å². The highest BCUT2D eigenvalue weighted by molar-refractivity contribution is 5.99. The van der Waals surface area contributed by atoms with Gasteiger partial charge in [0.1, 0.15) is 5.82 Å². The topological polar surface area (TPSA) is 108 Å². The van der Waals surface area contributed by atoms with E-state index in [4.69, 9.17) is 5.10 Å². The molecule has 9 heteroatoms. The van der Waals surface area contributed by atoms with E-state index in [1.54, 1.807) is 28.9 Å². The number of carbonyl (C=O) groups excluding carboxylic acids is 3. The summed E-state index contributed by atoms with van der Waals surface area (Å²) in [6.45, 7) is 11.1. The fraction of sp³-hybridized carbons (Fsp3) is 0.333.